The highest BCUT2D eigenvalue weighted by Gasteiger charge is 2.18. The molecule has 0 aromatic carbocycles. The molecular formula is C15H25N3O5. The minimum absolute atomic E-state index is 0.105. The zero-order valence-corrected chi connectivity index (χ0v) is 13.2. The monoisotopic (exact) mass is 330 g/mol. The van der Waals surface area contributed by atoms with Crippen LogP contribution >= 0.6 is 0 Å². The van der Waals surface area contributed by atoms with Crippen molar-refractivity contribution in [2.45, 2.75) is 58.0 Å². The van der Waals surface area contributed by atoms with Crippen LogP contribution in [0.15, 0.2) is 4.99 Å². The number of rotatable bonds is 0. The zero-order valence-electron chi connectivity index (χ0n) is 16.2. The van der Waals surface area contributed by atoms with Crippen molar-refractivity contribution < 1.29 is 28.3 Å². The Bertz CT molecular complexity index is 551. The lowest BCUT2D eigenvalue weighted by Gasteiger charge is -2.21. The Morgan fingerprint density at radius 1 is 1.35 bits per heavy atom. The third kappa shape index (κ3) is 8.18. The first-order valence-corrected chi connectivity index (χ1v) is 7.68. The van der Waals surface area contributed by atoms with Crippen molar-refractivity contribution in [2.75, 3.05) is 13.5 Å². The van der Waals surface area contributed by atoms with Crippen LogP contribution in [0.5, 0.6) is 0 Å². The average Bonchev–Trinajstić information content (AvgIpc) is 2.49. The predicted molar refractivity (Wildman–Crippen MR) is 84.1 cm³/mol. The topological polar surface area (TPSA) is 108 Å². The molecule has 23 heavy (non-hydrogen) atoms. The highest BCUT2D eigenvalue weighted by molar-refractivity contribution is 6.01. The summed E-state index contributed by atoms with van der Waals surface area (Å²) in [7, 11) is 0. The van der Waals surface area contributed by atoms with E-state index in [2.05, 4.69) is 10.3 Å². The average molecular weight is 330 g/mol. The van der Waals surface area contributed by atoms with E-state index < -0.39 is 37.4 Å². The fourth-order valence-corrected chi connectivity index (χ4v) is 2.21. The minimum Gasteiger partial charge on any atom is -0.463 e. The number of carbonyl (C=O) groups excluding carboxylic acids is 2. The van der Waals surface area contributed by atoms with Crippen LogP contribution in [0.2, 0.25) is 0 Å². The molecule has 0 radical (unpaired) electrons. The van der Waals surface area contributed by atoms with Crippen LogP contribution in [0, 0.1) is 0 Å². The lowest BCUT2D eigenvalue weighted by molar-refractivity contribution is -0.148. The summed E-state index contributed by atoms with van der Waals surface area (Å²) in [6.45, 7) is -1.94. The molecule has 0 bridgehead atoms. The SMILES string of the molecule is [2H]C([2H])([2H])N1CC(=O)OC(C)CCCCCCCC(=O)N/C1=N/C(=O)O. The number of amides is 2. The number of nitrogens with zero attached hydrogens (tertiary/aromatic N) is 2. The van der Waals surface area contributed by atoms with Gasteiger partial charge in [-0.25, -0.2) is 4.79 Å². The molecule has 0 aromatic heterocycles. The highest BCUT2D eigenvalue weighted by Crippen LogP contribution is 2.11. The van der Waals surface area contributed by atoms with Gasteiger partial charge >= 0.3 is 12.1 Å². The molecule has 1 saturated heterocycles. The molecule has 8 nitrogen and oxygen atoms in total. The number of hydrogen-bond donors (Lipinski definition) is 2. The first kappa shape index (κ1) is 14.5. The molecule has 0 spiro atoms. The summed E-state index contributed by atoms with van der Waals surface area (Å²) in [5, 5.41) is 11.1. The molecule has 2 amide bonds. The maximum atomic E-state index is 12.1. The van der Waals surface area contributed by atoms with Crippen LogP contribution in [0.25, 0.3) is 0 Å². The molecule has 0 saturated carbocycles. The third-order valence-electron chi connectivity index (χ3n) is 3.34. The number of guanidine groups is 1. The van der Waals surface area contributed by atoms with E-state index in [0.717, 1.165) is 25.7 Å². The van der Waals surface area contributed by atoms with Gasteiger partial charge in [0.1, 0.15) is 6.54 Å². The van der Waals surface area contributed by atoms with Gasteiger partial charge in [0, 0.05) is 17.5 Å². The summed E-state index contributed by atoms with van der Waals surface area (Å²) in [6, 6.07) is 0. The van der Waals surface area contributed by atoms with Gasteiger partial charge in [-0.2, -0.15) is 0 Å². The quantitative estimate of drug-likeness (QED) is 0.655. The molecule has 1 heterocycles. The van der Waals surface area contributed by atoms with Gasteiger partial charge in [0.15, 0.2) is 0 Å². The number of hydrogen-bond acceptors (Lipinski definition) is 4. The minimum atomic E-state index is -2.89. The van der Waals surface area contributed by atoms with E-state index in [-0.39, 0.29) is 12.5 Å². The largest absolute Gasteiger partial charge is 0.463 e. The molecule has 1 aliphatic heterocycles. The van der Waals surface area contributed by atoms with Crippen LogP contribution in [-0.4, -0.2) is 53.6 Å². The van der Waals surface area contributed by atoms with E-state index in [4.69, 9.17) is 14.0 Å². The van der Waals surface area contributed by atoms with Crippen LogP contribution in [0.1, 0.15) is 56.0 Å². The van der Waals surface area contributed by atoms with Crippen molar-refractivity contribution >= 4 is 23.9 Å². The van der Waals surface area contributed by atoms with Crippen LogP contribution in [0.4, 0.5) is 4.79 Å². The van der Waals surface area contributed by atoms with Gasteiger partial charge in [0.05, 0.1) is 6.10 Å². The highest BCUT2D eigenvalue weighted by atomic mass is 16.5. The van der Waals surface area contributed by atoms with Gasteiger partial charge in [0.25, 0.3) is 0 Å². The van der Waals surface area contributed by atoms with E-state index >= 15 is 0 Å². The molecule has 1 aliphatic rings. The summed E-state index contributed by atoms with van der Waals surface area (Å²) in [5.74, 6) is -2.10. The van der Waals surface area contributed by atoms with Gasteiger partial charge in [0.2, 0.25) is 11.9 Å². The molecule has 0 aliphatic carbocycles. The fraction of sp³-hybridized carbons (Fsp3) is 0.733. The summed E-state index contributed by atoms with van der Waals surface area (Å²) in [5.41, 5.74) is 0. The molecule has 1 fully saturated rings. The van der Waals surface area contributed by atoms with Crippen molar-refractivity contribution in [3.05, 3.63) is 0 Å². The Hall–Kier alpha value is -2.12. The second kappa shape index (κ2) is 9.81. The Kier molecular flexibility index (Phi) is 6.17. The molecular weight excluding hydrogens is 302 g/mol. The Morgan fingerprint density at radius 3 is 2.74 bits per heavy atom. The van der Waals surface area contributed by atoms with E-state index in [1.807, 2.05) is 0 Å². The Balaban J connectivity index is 3.09. The van der Waals surface area contributed by atoms with E-state index in [1.165, 1.54) is 0 Å². The number of nitrogens with one attached hydrogen (secondary N) is 1. The predicted octanol–water partition coefficient (Wildman–Crippen LogP) is 1.74. The van der Waals surface area contributed by atoms with Gasteiger partial charge < -0.3 is 14.7 Å². The number of cyclic esters (lactones) is 1. The van der Waals surface area contributed by atoms with Crippen molar-refractivity contribution in [2.24, 2.45) is 4.99 Å². The maximum absolute atomic E-state index is 12.1. The van der Waals surface area contributed by atoms with Crippen LogP contribution in [0.3, 0.4) is 0 Å². The molecule has 1 unspecified atom stereocenters. The number of likely N-dealkylation sites (N-methyl/N-ethyl adjacent to an activating group) is 1. The number of ether oxygens (including phenoxy) is 1. The van der Waals surface area contributed by atoms with Crippen molar-refractivity contribution in [1.29, 1.82) is 0 Å². The first-order chi connectivity index (χ1) is 12.1. The number of carboxylic acid groups (broad SMARTS) is 1. The number of carbonyl (C=O) groups is 3. The van der Waals surface area contributed by atoms with Crippen molar-refractivity contribution in [1.82, 2.24) is 10.2 Å². The van der Waals surface area contributed by atoms with E-state index in [9.17, 15) is 14.4 Å². The Labute approximate surface area is 140 Å². The normalized spacial score (nSPS) is 26.8. The van der Waals surface area contributed by atoms with Crippen LogP contribution in [-0.2, 0) is 14.3 Å². The smallest absolute Gasteiger partial charge is 0.434 e. The van der Waals surface area contributed by atoms with Crippen LogP contribution < -0.4 is 5.32 Å². The lowest BCUT2D eigenvalue weighted by atomic mass is 10.1. The summed E-state index contributed by atoms with van der Waals surface area (Å²) < 4.78 is 27.8. The summed E-state index contributed by atoms with van der Waals surface area (Å²) >= 11 is 0. The fourth-order valence-electron chi connectivity index (χ4n) is 2.21. The second-order valence-corrected chi connectivity index (χ2v) is 5.46. The molecule has 8 heteroatoms. The summed E-state index contributed by atoms with van der Waals surface area (Å²) in [6.07, 6.45) is 2.80. The Morgan fingerprint density at radius 2 is 2.04 bits per heavy atom. The molecule has 1 atom stereocenters. The van der Waals surface area contributed by atoms with E-state index in [0.29, 0.717) is 17.7 Å². The standard InChI is InChI=1S/C15H25N3O5/c1-11-8-6-4-3-5-7-9-12(19)16-14(17-15(21)22)18(2)10-13(20)23-11/h11H,3-10H2,1-2H3,(H,21,22)(H,16,17,19)/i2D3. The zero-order chi connectivity index (χ0) is 19.7. The van der Waals surface area contributed by atoms with Gasteiger partial charge in [-0.05, 0) is 26.2 Å². The number of esters is 1. The second-order valence-electron chi connectivity index (χ2n) is 5.46. The molecule has 130 valence electrons. The van der Waals surface area contributed by atoms with Crippen molar-refractivity contribution in [3.8, 4) is 0 Å². The van der Waals surface area contributed by atoms with Gasteiger partial charge in [-0.15, -0.1) is 4.99 Å². The summed E-state index contributed by atoms with van der Waals surface area (Å²) in [4.78, 5) is 38.6. The van der Waals surface area contributed by atoms with Gasteiger partial charge in [-0.1, -0.05) is 19.3 Å². The molecule has 0 aromatic rings. The van der Waals surface area contributed by atoms with E-state index in [1.54, 1.807) is 6.92 Å². The third-order valence-corrected chi connectivity index (χ3v) is 3.34. The number of aliphatic imine (C=N–C) groups is 1. The molecule has 1 rings (SSSR count). The van der Waals surface area contributed by atoms with Gasteiger partial charge in [-0.3, -0.25) is 14.9 Å². The van der Waals surface area contributed by atoms with Crippen molar-refractivity contribution in [3.63, 3.8) is 0 Å². The first-order valence-electron chi connectivity index (χ1n) is 9.18. The maximum Gasteiger partial charge on any atom is 0.434 e. The molecule has 2 N–H and O–H groups in total. The lowest BCUT2D eigenvalue weighted by Crippen LogP contribution is -2.45.